The highest BCUT2D eigenvalue weighted by Gasteiger charge is 2.18. The maximum Gasteiger partial charge on any atom is 0.0460 e. The number of hydrogen-bond donors (Lipinski definition) is 1. The van der Waals surface area contributed by atoms with Crippen LogP contribution < -0.4 is 0 Å². The van der Waals surface area contributed by atoms with Crippen LogP contribution in [0.5, 0.6) is 0 Å². The molecule has 1 aromatic heterocycles. The molecule has 1 aliphatic heterocycles. The highest BCUT2D eigenvalue weighted by Crippen LogP contribution is 2.40. The predicted molar refractivity (Wildman–Crippen MR) is 87.3 cm³/mol. The molecular weight excluding hydrogens is 262 g/mol. The fraction of sp³-hybridized carbons (Fsp3) is 0.111. The van der Waals surface area contributed by atoms with Gasteiger partial charge in [0.15, 0.2) is 0 Å². The molecule has 0 saturated carbocycles. The van der Waals surface area contributed by atoms with E-state index in [1.54, 1.807) is 0 Å². The number of aromatic nitrogens is 1. The summed E-state index contributed by atoms with van der Waals surface area (Å²) < 4.78 is 0. The van der Waals surface area contributed by atoms with E-state index in [0.717, 1.165) is 5.75 Å². The summed E-state index contributed by atoms with van der Waals surface area (Å²) in [4.78, 5) is 4.81. The number of aromatic amines is 1. The van der Waals surface area contributed by atoms with Crippen LogP contribution in [0, 0.1) is 6.92 Å². The Labute approximate surface area is 122 Å². The number of rotatable bonds is 1. The van der Waals surface area contributed by atoms with Crippen LogP contribution in [0.15, 0.2) is 59.6 Å². The summed E-state index contributed by atoms with van der Waals surface area (Å²) in [5.74, 6) is 1.05. The van der Waals surface area contributed by atoms with Crippen molar-refractivity contribution in [1.82, 2.24) is 4.98 Å². The first-order valence-corrected chi connectivity index (χ1v) is 7.82. The van der Waals surface area contributed by atoms with Crippen molar-refractivity contribution in [3.05, 3.63) is 71.4 Å². The van der Waals surface area contributed by atoms with E-state index in [9.17, 15) is 0 Å². The number of hydrogen-bond acceptors (Lipinski definition) is 1. The molecule has 98 valence electrons. The molecule has 1 nitrogen and oxygen atoms in total. The van der Waals surface area contributed by atoms with Crippen LogP contribution in [-0.4, -0.2) is 10.7 Å². The van der Waals surface area contributed by atoms with Crippen LogP contribution >= 0.6 is 11.8 Å². The Bertz CT molecular complexity index is 826. The van der Waals surface area contributed by atoms with Crippen LogP contribution in [0.3, 0.4) is 0 Å². The molecule has 0 bridgehead atoms. The van der Waals surface area contributed by atoms with Crippen LogP contribution in [0.25, 0.3) is 16.5 Å². The summed E-state index contributed by atoms with van der Waals surface area (Å²) in [7, 11) is 0. The fourth-order valence-corrected chi connectivity index (χ4v) is 3.97. The van der Waals surface area contributed by atoms with Crippen molar-refractivity contribution in [2.75, 3.05) is 5.75 Å². The molecule has 2 heterocycles. The van der Waals surface area contributed by atoms with Crippen LogP contribution in [-0.2, 0) is 0 Å². The molecular formula is C18H15NS. The predicted octanol–water partition coefficient (Wildman–Crippen LogP) is 5.01. The Morgan fingerprint density at radius 2 is 1.90 bits per heavy atom. The van der Waals surface area contributed by atoms with E-state index in [1.165, 1.54) is 38.1 Å². The lowest BCUT2D eigenvalue weighted by Crippen LogP contribution is -1.98. The molecule has 0 aliphatic carbocycles. The first-order valence-electron chi connectivity index (χ1n) is 6.84. The second-order valence-corrected chi connectivity index (χ2v) is 6.16. The molecule has 0 saturated heterocycles. The average molecular weight is 277 g/mol. The maximum atomic E-state index is 3.38. The van der Waals surface area contributed by atoms with Gasteiger partial charge < -0.3 is 4.98 Å². The van der Waals surface area contributed by atoms with E-state index in [0.29, 0.717) is 0 Å². The number of fused-ring (bicyclic) bond motifs is 2. The molecule has 0 amide bonds. The Hall–Kier alpha value is -1.93. The molecule has 0 atom stereocenters. The SMILES string of the molecule is Cc1cccc2c1SCC=C2c1c[nH]c2ccccc12. The fourth-order valence-electron chi connectivity index (χ4n) is 2.92. The minimum atomic E-state index is 1.05. The maximum absolute atomic E-state index is 3.38. The van der Waals surface area contributed by atoms with E-state index in [1.807, 2.05) is 11.8 Å². The van der Waals surface area contributed by atoms with Gasteiger partial charge in [-0.1, -0.05) is 42.5 Å². The van der Waals surface area contributed by atoms with Crippen molar-refractivity contribution >= 4 is 28.2 Å². The zero-order chi connectivity index (χ0) is 13.5. The minimum Gasteiger partial charge on any atom is -0.361 e. The average Bonchev–Trinajstić information content (AvgIpc) is 2.91. The largest absolute Gasteiger partial charge is 0.361 e. The van der Waals surface area contributed by atoms with Crippen molar-refractivity contribution in [2.24, 2.45) is 0 Å². The van der Waals surface area contributed by atoms with E-state index >= 15 is 0 Å². The Balaban J connectivity index is 1.96. The summed E-state index contributed by atoms with van der Waals surface area (Å²) >= 11 is 1.94. The quantitative estimate of drug-likeness (QED) is 0.661. The lowest BCUT2D eigenvalue weighted by atomic mass is 9.95. The van der Waals surface area contributed by atoms with Gasteiger partial charge in [-0.3, -0.25) is 0 Å². The molecule has 3 aromatic rings. The zero-order valence-electron chi connectivity index (χ0n) is 11.3. The molecule has 0 spiro atoms. The summed E-state index contributed by atoms with van der Waals surface area (Å²) in [5.41, 5.74) is 6.62. The second-order valence-electron chi connectivity index (χ2n) is 5.13. The van der Waals surface area contributed by atoms with Crippen LogP contribution in [0.1, 0.15) is 16.7 Å². The van der Waals surface area contributed by atoms with Crippen LogP contribution in [0.2, 0.25) is 0 Å². The molecule has 4 rings (SSSR count). The Kier molecular flexibility index (Phi) is 2.71. The Morgan fingerprint density at radius 3 is 2.85 bits per heavy atom. The van der Waals surface area contributed by atoms with Gasteiger partial charge >= 0.3 is 0 Å². The van der Waals surface area contributed by atoms with Gasteiger partial charge in [-0.2, -0.15) is 0 Å². The third-order valence-electron chi connectivity index (χ3n) is 3.90. The highest BCUT2D eigenvalue weighted by molar-refractivity contribution is 7.99. The number of aryl methyl sites for hydroxylation is 1. The third kappa shape index (κ3) is 1.72. The summed E-state index contributed by atoms with van der Waals surface area (Å²) in [5, 5.41) is 1.30. The van der Waals surface area contributed by atoms with Gasteiger partial charge in [0.05, 0.1) is 0 Å². The van der Waals surface area contributed by atoms with Gasteiger partial charge in [0.1, 0.15) is 0 Å². The molecule has 1 N–H and O–H groups in total. The molecule has 0 radical (unpaired) electrons. The third-order valence-corrected chi connectivity index (χ3v) is 5.06. The normalized spacial score (nSPS) is 14.2. The lowest BCUT2D eigenvalue weighted by molar-refractivity contribution is 1.26. The van der Waals surface area contributed by atoms with Crippen molar-refractivity contribution in [3.63, 3.8) is 0 Å². The topological polar surface area (TPSA) is 15.8 Å². The minimum absolute atomic E-state index is 1.05. The van der Waals surface area contributed by atoms with E-state index < -0.39 is 0 Å². The first kappa shape index (κ1) is 11.9. The van der Waals surface area contributed by atoms with Crippen molar-refractivity contribution in [1.29, 1.82) is 0 Å². The van der Waals surface area contributed by atoms with Crippen molar-refractivity contribution < 1.29 is 0 Å². The van der Waals surface area contributed by atoms with Crippen molar-refractivity contribution in [3.8, 4) is 0 Å². The van der Waals surface area contributed by atoms with Gasteiger partial charge in [0, 0.05) is 33.3 Å². The monoisotopic (exact) mass is 277 g/mol. The molecule has 0 unspecified atom stereocenters. The summed E-state index contributed by atoms with van der Waals surface area (Å²) in [6, 6.07) is 15.1. The van der Waals surface area contributed by atoms with Gasteiger partial charge in [-0.25, -0.2) is 0 Å². The van der Waals surface area contributed by atoms with Gasteiger partial charge in [0.2, 0.25) is 0 Å². The molecule has 20 heavy (non-hydrogen) atoms. The van der Waals surface area contributed by atoms with Crippen LogP contribution in [0.4, 0.5) is 0 Å². The van der Waals surface area contributed by atoms with Gasteiger partial charge in [-0.15, -0.1) is 11.8 Å². The van der Waals surface area contributed by atoms with E-state index in [2.05, 4.69) is 66.6 Å². The lowest BCUT2D eigenvalue weighted by Gasteiger charge is -2.19. The molecule has 1 aliphatic rings. The van der Waals surface area contributed by atoms with E-state index in [-0.39, 0.29) is 0 Å². The van der Waals surface area contributed by atoms with Gasteiger partial charge in [-0.05, 0) is 29.7 Å². The summed E-state index contributed by atoms with van der Waals surface area (Å²) in [6.07, 6.45) is 4.49. The van der Waals surface area contributed by atoms with Gasteiger partial charge in [0.25, 0.3) is 0 Å². The zero-order valence-corrected chi connectivity index (χ0v) is 12.1. The second kappa shape index (κ2) is 4.57. The molecule has 2 aromatic carbocycles. The number of benzene rings is 2. The number of para-hydroxylation sites is 1. The van der Waals surface area contributed by atoms with E-state index in [4.69, 9.17) is 0 Å². The Morgan fingerprint density at radius 1 is 1.00 bits per heavy atom. The first-order chi connectivity index (χ1) is 9.84. The molecule has 0 fully saturated rings. The number of nitrogens with one attached hydrogen (secondary N) is 1. The summed E-state index contributed by atoms with van der Waals surface area (Å²) in [6.45, 7) is 2.20. The number of thioether (sulfide) groups is 1. The van der Waals surface area contributed by atoms with Crippen molar-refractivity contribution in [2.45, 2.75) is 11.8 Å². The highest BCUT2D eigenvalue weighted by atomic mass is 32.2. The standard InChI is InChI=1S/C18H15NS/c1-12-5-4-7-15-13(9-10-20-18(12)15)16-11-19-17-8-3-2-6-14(16)17/h2-9,11,19H,10H2,1H3. The number of H-pyrrole nitrogens is 1. The smallest absolute Gasteiger partial charge is 0.0460 e. The molecule has 2 heteroatoms.